The first kappa shape index (κ1) is 14.7. The van der Waals surface area contributed by atoms with E-state index in [1.807, 2.05) is 0 Å². The molecule has 0 heterocycles. The van der Waals surface area contributed by atoms with Crippen LogP contribution in [0.25, 0.3) is 0 Å². The number of carboxylic acids is 1. The van der Waals surface area contributed by atoms with Gasteiger partial charge in [0.2, 0.25) is 0 Å². The van der Waals surface area contributed by atoms with Crippen molar-refractivity contribution in [2.75, 3.05) is 5.73 Å². The molecule has 0 bridgehead atoms. The molecule has 5 heteroatoms. The molecule has 1 atom stereocenters. The van der Waals surface area contributed by atoms with E-state index in [2.05, 4.69) is 0 Å². The van der Waals surface area contributed by atoms with E-state index in [1.165, 1.54) is 0 Å². The Morgan fingerprint density at radius 1 is 1.10 bits per heavy atom. The Balaban J connectivity index is 2.27. The van der Waals surface area contributed by atoms with E-state index in [0.29, 0.717) is 27.7 Å². The highest BCUT2D eigenvalue weighted by molar-refractivity contribution is 6.42. The van der Waals surface area contributed by atoms with Crippen LogP contribution in [0.4, 0.5) is 5.69 Å². The van der Waals surface area contributed by atoms with Crippen LogP contribution < -0.4 is 5.73 Å². The van der Waals surface area contributed by atoms with Crippen LogP contribution in [-0.2, 0) is 11.2 Å². The standard InChI is InChI=1S/C15H13Cl2NO2/c16-13-6-1-9(8-14(13)17)7-12(15(19)20)10-2-4-11(18)5-3-10/h1-6,8,12H,7,18H2,(H,19,20). The summed E-state index contributed by atoms with van der Waals surface area (Å²) in [7, 11) is 0. The molecule has 1 unspecified atom stereocenters. The molecule has 0 saturated carbocycles. The molecule has 0 aliphatic rings. The minimum absolute atomic E-state index is 0.343. The molecule has 0 aliphatic carbocycles. The number of carbonyl (C=O) groups is 1. The lowest BCUT2D eigenvalue weighted by molar-refractivity contribution is -0.138. The van der Waals surface area contributed by atoms with E-state index in [0.717, 1.165) is 5.56 Å². The SMILES string of the molecule is Nc1ccc(C(Cc2ccc(Cl)c(Cl)c2)C(=O)O)cc1. The molecule has 104 valence electrons. The Labute approximate surface area is 126 Å². The molecule has 3 nitrogen and oxygen atoms in total. The summed E-state index contributed by atoms with van der Waals surface area (Å²) in [6.45, 7) is 0. The second kappa shape index (κ2) is 6.16. The average Bonchev–Trinajstić information content (AvgIpc) is 2.41. The number of hydrogen-bond acceptors (Lipinski definition) is 2. The van der Waals surface area contributed by atoms with Crippen molar-refractivity contribution in [3.8, 4) is 0 Å². The van der Waals surface area contributed by atoms with Crippen LogP contribution in [0, 0.1) is 0 Å². The van der Waals surface area contributed by atoms with Gasteiger partial charge in [0, 0.05) is 5.69 Å². The molecule has 0 aliphatic heterocycles. The van der Waals surface area contributed by atoms with Crippen LogP contribution in [0.5, 0.6) is 0 Å². The van der Waals surface area contributed by atoms with Gasteiger partial charge in [0.1, 0.15) is 0 Å². The molecule has 0 saturated heterocycles. The number of nitrogens with two attached hydrogens (primary N) is 1. The lowest BCUT2D eigenvalue weighted by Gasteiger charge is -2.13. The normalized spacial score (nSPS) is 12.1. The van der Waals surface area contributed by atoms with Crippen LogP contribution in [0.1, 0.15) is 17.0 Å². The number of halogens is 2. The third kappa shape index (κ3) is 3.44. The summed E-state index contributed by atoms with van der Waals surface area (Å²) in [5, 5.41) is 10.3. The van der Waals surface area contributed by atoms with E-state index in [1.54, 1.807) is 42.5 Å². The van der Waals surface area contributed by atoms with E-state index in [-0.39, 0.29) is 0 Å². The molecule has 20 heavy (non-hydrogen) atoms. The number of benzene rings is 2. The van der Waals surface area contributed by atoms with Crippen LogP contribution in [0.2, 0.25) is 10.0 Å². The first-order valence-electron chi connectivity index (χ1n) is 5.99. The Kier molecular flexibility index (Phi) is 4.53. The van der Waals surface area contributed by atoms with Gasteiger partial charge < -0.3 is 10.8 Å². The largest absolute Gasteiger partial charge is 0.481 e. The summed E-state index contributed by atoms with van der Waals surface area (Å²) in [6.07, 6.45) is 0.343. The van der Waals surface area contributed by atoms with Gasteiger partial charge in [0.15, 0.2) is 0 Å². The third-order valence-electron chi connectivity index (χ3n) is 3.06. The highest BCUT2D eigenvalue weighted by Crippen LogP contribution is 2.27. The van der Waals surface area contributed by atoms with Crippen molar-refractivity contribution >= 4 is 34.9 Å². The Morgan fingerprint density at radius 3 is 2.30 bits per heavy atom. The second-order valence-electron chi connectivity index (χ2n) is 4.51. The van der Waals surface area contributed by atoms with Crippen LogP contribution in [0.15, 0.2) is 42.5 Å². The van der Waals surface area contributed by atoms with Crippen molar-refractivity contribution in [2.45, 2.75) is 12.3 Å². The quantitative estimate of drug-likeness (QED) is 0.839. The van der Waals surface area contributed by atoms with Crippen LogP contribution in [-0.4, -0.2) is 11.1 Å². The van der Waals surface area contributed by atoms with Crippen molar-refractivity contribution in [3.05, 3.63) is 63.6 Å². The first-order valence-corrected chi connectivity index (χ1v) is 6.75. The minimum atomic E-state index is -0.888. The van der Waals surface area contributed by atoms with E-state index >= 15 is 0 Å². The van der Waals surface area contributed by atoms with Gasteiger partial charge in [0.05, 0.1) is 16.0 Å². The third-order valence-corrected chi connectivity index (χ3v) is 3.80. The van der Waals surface area contributed by atoms with Gasteiger partial charge in [-0.2, -0.15) is 0 Å². The summed E-state index contributed by atoms with van der Waals surface area (Å²) < 4.78 is 0. The van der Waals surface area contributed by atoms with Crippen molar-refractivity contribution in [1.82, 2.24) is 0 Å². The maximum Gasteiger partial charge on any atom is 0.311 e. The zero-order chi connectivity index (χ0) is 14.7. The molecule has 2 aromatic carbocycles. The number of aliphatic carboxylic acids is 1. The second-order valence-corrected chi connectivity index (χ2v) is 5.32. The summed E-state index contributed by atoms with van der Waals surface area (Å²) in [4.78, 5) is 11.5. The number of nitrogen functional groups attached to an aromatic ring is 1. The van der Waals surface area contributed by atoms with E-state index in [4.69, 9.17) is 28.9 Å². The van der Waals surface area contributed by atoms with Gasteiger partial charge in [-0.1, -0.05) is 41.4 Å². The summed E-state index contributed by atoms with van der Waals surface area (Å²) in [5.41, 5.74) is 7.75. The lowest BCUT2D eigenvalue weighted by atomic mass is 9.92. The summed E-state index contributed by atoms with van der Waals surface area (Å²) >= 11 is 11.8. The van der Waals surface area contributed by atoms with Crippen molar-refractivity contribution in [2.24, 2.45) is 0 Å². The fraction of sp³-hybridized carbons (Fsp3) is 0.133. The first-order chi connectivity index (χ1) is 9.47. The fourth-order valence-corrected chi connectivity index (χ4v) is 2.30. The highest BCUT2D eigenvalue weighted by atomic mass is 35.5. The number of anilines is 1. The smallest absolute Gasteiger partial charge is 0.311 e. The fourth-order valence-electron chi connectivity index (χ4n) is 1.98. The van der Waals surface area contributed by atoms with Gasteiger partial charge >= 0.3 is 5.97 Å². The molecule has 0 amide bonds. The molecule has 3 N–H and O–H groups in total. The Bertz CT molecular complexity index is 626. The molecule has 2 rings (SSSR count). The molecule has 0 fully saturated rings. The van der Waals surface area contributed by atoms with Gasteiger partial charge in [-0.3, -0.25) is 4.79 Å². The Morgan fingerprint density at radius 2 is 1.75 bits per heavy atom. The number of rotatable bonds is 4. The molecule has 0 radical (unpaired) electrons. The zero-order valence-corrected chi connectivity index (χ0v) is 12.0. The molecular formula is C15H13Cl2NO2. The topological polar surface area (TPSA) is 63.3 Å². The summed E-state index contributed by atoms with van der Waals surface area (Å²) in [6, 6.07) is 12.0. The van der Waals surface area contributed by atoms with Crippen molar-refractivity contribution < 1.29 is 9.90 Å². The number of hydrogen-bond donors (Lipinski definition) is 2. The van der Waals surface area contributed by atoms with E-state index in [9.17, 15) is 9.90 Å². The molecule has 2 aromatic rings. The van der Waals surface area contributed by atoms with Gasteiger partial charge in [-0.25, -0.2) is 0 Å². The van der Waals surface area contributed by atoms with Crippen molar-refractivity contribution in [3.63, 3.8) is 0 Å². The highest BCUT2D eigenvalue weighted by Gasteiger charge is 2.20. The van der Waals surface area contributed by atoms with E-state index < -0.39 is 11.9 Å². The predicted molar refractivity (Wildman–Crippen MR) is 81.4 cm³/mol. The predicted octanol–water partition coefficient (Wildman–Crippen LogP) is 3.99. The zero-order valence-electron chi connectivity index (χ0n) is 10.5. The lowest BCUT2D eigenvalue weighted by Crippen LogP contribution is -2.14. The molecular weight excluding hydrogens is 297 g/mol. The maximum absolute atomic E-state index is 11.5. The van der Waals surface area contributed by atoms with Crippen molar-refractivity contribution in [1.29, 1.82) is 0 Å². The van der Waals surface area contributed by atoms with Gasteiger partial charge in [0.25, 0.3) is 0 Å². The van der Waals surface area contributed by atoms with Gasteiger partial charge in [-0.05, 0) is 41.8 Å². The average molecular weight is 310 g/mol. The minimum Gasteiger partial charge on any atom is -0.481 e. The molecule has 0 aromatic heterocycles. The Hall–Kier alpha value is -1.71. The van der Waals surface area contributed by atoms with Gasteiger partial charge in [-0.15, -0.1) is 0 Å². The maximum atomic E-state index is 11.5. The monoisotopic (exact) mass is 309 g/mol. The van der Waals surface area contributed by atoms with Crippen LogP contribution in [0.3, 0.4) is 0 Å². The molecule has 0 spiro atoms. The number of carboxylic acid groups (broad SMARTS) is 1. The van der Waals surface area contributed by atoms with Crippen LogP contribution >= 0.6 is 23.2 Å². The summed E-state index contributed by atoms with van der Waals surface area (Å²) in [5.74, 6) is -1.53.